The molecule has 0 aliphatic carbocycles. The third-order valence-electron chi connectivity index (χ3n) is 2.04. The maximum atomic E-state index is 13.5. The summed E-state index contributed by atoms with van der Waals surface area (Å²) in [4.78, 5) is 0. The van der Waals surface area contributed by atoms with E-state index in [4.69, 9.17) is 10.5 Å². The molecule has 2 nitrogen and oxygen atoms in total. The third-order valence-corrected chi connectivity index (χ3v) is 2.62. The monoisotopic (exact) mass is 293 g/mol. The first kappa shape index (κ1) is 13.4. The summed E-state index contributed by atoms with van der Waals surface area (Å²) in [6.07, 6.45) is 0.395. The molecule has 0 aliphatic heterocycles. The summed E-state index contributed by atoms with van der Waals surface area (Å²) in [5, 5.41) is 0. The van der Waals surface area contributed by atoms with E-state index in [9.17, 15) is 8.78 Å². The predicted molar refractivity (Wildman–Crippen MR) is 62.6 cm³/mol. The Morgan fingerprint density at radius 3 is 2.38 bits per heavy atom. The van der Waals surface area contributed by atoms with Gasteiger partial charge in [0, 0.05) is 11.1 Å². The van der Waals surface area contributed by atoms with E-state index in [-0.39, 0.29) is 10.2 Å². The smallest absolute Gasteiger partial charge is 0.202 e. The molecule has 0 radical (unpaired) electrons. The number of methoxy groups -OCH3 is 1. The fourth-order valence-electron chi connectivity index (χ4n) is 1.47. The largest absolute Gasteiger partial charge is 0.493 e. The first-order valence-corrected chi connectivity index (χ1v) is 5.55. The van der Waals surface area contributed by atoms with Gasteiger partial charge in [-0.3, -0.25) is 0 Å². The first-order chi connectivity index (χ1) is 7.26. The van der Waals surface area contributed by atoms with Gasteiger partial charge in [0.05, 0.1) is 11.6 Å². The molecule has 0 unspecified atom stereocenters. The van der Waals surface area contributed by atoms with E-state index in [1.165, 1.54) is 13.2 Å². The Hall–Kier alpha value is -0.680. The quantitative estimate of drug-likeness (QED) is 0.870. The highest BCUT2D eigenvalue weighted by molar-refractivity contribution is 9.10. The molecule has 0 saturated carbocycles. The molecule has 16 heavy (non-hydrogen) atoms. The third kappa shape index (κ3) is 2.92. The van der Waals surface area contributed by atoms with E-state index < -0.39 is 17.2 Å². The van der Waals surface area contributed by atoms with Gasteiger partial charge in [-0.05, 0) is 42.3 Å². The van der Waals surface area contributed by atoms with Crippen LogP contribution in [0, 0.1) is 11.6 Å². The first-order valence-electron chi connectivity index (χ1n) is 4.75. The maximum Gasteiger partial charge on any atom is 0.202 e. The Labute approximate surface area is 102 Å². The summed E-state index contributed by atoms with van der Waals surface area (Å²) >= 11 is 2.96. The van der Waals surface area contributed by atoms with E-state index in [2.05, 4.69) is 15.9 Å². The number of halogens is 3. The van der Waals surface area contributed by atoms with Crippen molar-refractivity contribution in [2.45, 2.75) is 25.8 Å². The molecule has 0 aromatic heterocycles. The van der Waals surface area contributed by atoms with E-state index >= 15 is 0 Å². The number of hydrogen-bond acceptors (Lipinski definition) is 2. The van der Waals surface area contributed by atoms with Gasteiger partial charge >= 0.3 is 0 Å². The normalized spacial score (nSPS) is 11.7. The molecule has 1 aromatic rings. The van der Waals surface area contributed by atoms with Gasteiger partial charge in [0.2, 0.25) is 5.82 Å². The van der Waals surface area contributed by atoms with E-state index in [0.29, 0.717) is 12.0 Å². The standard InChI is InChI=1S/C11H14BrF2NO/c1-11(2,15)5-6-4-7(12)8(13)9(14)10(6)16-3/h4H,5,15H2,1-3H3. The van der Waals surface area contributed by atoms with E-state index in [1.54, 1.807) is 0 Å². The SMILES string of the molecule is COc1c(CC(C)(C)N)cc(Br)c(F)c1F. The molecule has 0 atom stereocenters. The van der Waals surface area contributed by atoms with Crippen LogP contribution in [-0.2, 0) is 6.42 Å². The fourth-order valence-corrected chi connectivity index (χ4v) is 1.92. The zero-order valence-corrected chi connectivity index (χ0v) is 11.0. The predicted octanol–water partition coefficient (Wildman–Crippen LogP) is 3.02. The Morgan fingerprint density at radius 2 is 1.94 bits per heavy atom. The van der Waals surface area contributed by atoms with Gasteiger partial charge in [0.25, 0.3) is 0 Å². The highest BCUT2D eigenvalue weighted by Gasteiger charge is 2.22. The van der Waals surface area contributed by atoms with Gasteiger partial charge in [-0.25, -0.2) is 4.39 Å². The van der Waals surface area contributed by atoms with Crippen molar-refractivity contribution in [1.82, 2.24) is 0 Å². The van der Waals surface area contributed by atoms with Crippen LogP contribution in [0.15, 0.2) is 10.5 Å². The van der Waals surface area contributed by atoms with Crippen molar-refractivity contribution in [3.8, 4) is 5.75 Å². The van der Waals surface area contributed by atoms with Gasteiger partial charge in [0.1, 0.15) is 0 Å². The van der Waals surface area contributed by atoms with Crippen molar-refractivity contribution >= 4 is 15.9 Å². The van der Waals surface area contributed by atoms with Crippen LogP contribution < -0.4 is 10.5 Å². The number of rotatable bonds is 3. The van der Waals surface area contributed by atoms with Crippen LogP contribution in [-0.4, -0.2) is 12.6 Å². The van der Waals surface area contributed by atoms with Gasteiger partial charge in [-0.1, -0.05) is 0 Å². The minimum atomic E-state index is -0.990. The zero-order valence-electron chi connectivity index (χ0n) is 9.40. The second-order valence-corrected chi connectivity index (χ2v) is 5.20. The van der Waals surface area contributed by atoms with Crippen molar-refractivity contribution in [3.05, 3.63) is 27.7 Å². The summed E-state index contributed by atoms with van der Waals surface area (Å²) in [7, 11) is 1.30. The highest BCUT2D eigenvalue weighted by Crippen LogP contribution is 2.32. The summed E-state index contributed by atoms with van der Waals surface area (Å²) in [5.74, 6) is -2.02. The van der Waals surface area contributed by atoms with Gasteiger partial charge in [-0.2, -0.15) is 4.39 Å². The lowest BCUT2D eigenvalue weighted by atomic mass is 9.95. The van der Waals surface area contributed by atoms with Crippen molar-refractivity contribution in [1.29, 1.82) is 0 Å². The summed E-state index contributed by atoms with van der Waals surface area (Å²) < 4.78 is 31.7. The van der Waals surface area contributed by atoms with Crippen LogP contribution in [0.2, 0.25) is 0 Å². The molecule has 0 spiro atoms. The average molecular weight is 294 g/mol. The number of ether oxygens (including phenoxy) is 1. The molecule has 0 fully saturated rings. The number of hydrogen-bond donors (Lipinski definition) is 1. The lowest BCUT2D eigenvalue weighted by Crippen LogP contribution is -2.34. The minimum Gasteiger partial charge on any atom is -0.493 e. The Kier molecular flexibility index (Phi) is 3.91. The van der Waals surface area contributed by atoms with Crippen LogP contribution in [0.1, 0.15) is 19.4 Å². The van der Waals surface area contributed by atoms with Gasteiger partial charge in [0.15, 0.2) is 11.6 Å². The Morgan fingerprint density at radius 1 is 1.38 bits per heavy atom. The molecule has 2 N–H and O–H groups in total. The molecule has 0 heterocycles. The molecule has 90 valence electrons. The molecule has 1 aromatic carbocycles. The fraction of sp³-hybridized carbons (Fsp3) is 0.455. The molecule has 0 bridgehead atoms. The van der Waals surface area contributed by atoms with Crippen LogP contribution >= 0.6 is 15.9 Å². The van der Waals surface area contributed by atoms with Gasteiger partial charge < -0.3 is 10.5 Å². The molecule has 0 aliphatic rings. The van der Waals surface area contributed by atoms with Crippen LogP contribution in [0.3, 0.4) is 0 Å². The summed E-state index contributed by atoms with van der Waals surface area (Å²) in [6.45, 7) is 3.61. The van der Waals surface area contributed by atoms with Crippen molar-refractivity contribution in [3.63, 3.8) is 0 Å². The molecule has 0 saturated heterocycles. The Bertz CT molecular complexity index is 402. The van der Waals surface area contributed by atoms with Crippen LogP contribution in [0.25, 0.3) is 0 Å². The molecule has 5 heteroatoms. The molecular weight excluding hydrogens is 280 g/mol. The maximum absolute atomic E-state index is 13.5. The van der Waals surface area contributed by atoms with E-state index in [0.717, 1.165) is 0 Å². The second-order valence-electron chi connectivity index (χ2n) is 4.34. The van der Waals surface area contributed by atoms with Crippen LogP contribution in [0.5, 0.6) is 5.75 Å². The van der Waals surface area contributed by atoms with Crippen molar-refractivity contribution in [2.75, 3.05) is 7.11 Å². The molecule has 0 amide bonds. The van der Waals surface area contributed by atoms with Gasteiger partial charge in [-0.15, -0.1) is 0 Å². The molecule has 1 rings (SSSR count). The topological polar surface area (TPSA) is 35.2 Å². The summed E-state index contributed by atoms with van der Waals surface area (Å²) in [6, 6.07) is 1.49. The minimum absolute atomic E-state index is 0.0741. The van der Waals surface area contributed by atoms with Crippen molar-refractivity contribution < 1.29 is 13.5 Å². The lowest BCUT2D eigenvalue weighted by Gasteiger charge is -2.20. The number of nitrogens with two attached hydrogens (primary N) is 1. The number of benzene rings is 1. The highest BCUT2D eigenvalue weighted by atomic mass is 79.9. The molecular formula is C11H14BrF2NO. The average Bonchev–Trinajstić information content (AvgIpc) is 2.12. The zero-order chi connectivity index (χ0) is 12.5. The van der Waals surface area contributed by atoms with E-state index in [1.807, 2.05) is 13.8 Å². The van der Waals surface area contributed by atoms with Crippen LogP contribution in [0.4, 0.5) is 8.78 Å². The second kappa shape index (κ2) is 4.67. The Balaban J connectivity index is 3.28. The lowest BCUT2D eigenvalue weighted by molar-refractivity contribution is 0.361. The van der Waals surface area contributed by atoms with Crippen molar-refractivity contribution in [2.24, 2.45) is 5.73 Å². The summed E-state index contributed by atoms with van der Waals surface area (Å²) in [5.41, 5.74) is 5.87.